The Kier molecular flexibility index (Phi) is 4.90. The fourth-order valence-electron chi connectivity index (χ4n) is 2.49. The zero-order chi connectivity index (χ0) is 11.5. The third-order valence-corrected chi connectivity index (χ3v) is 3.88. The maximum atomic E-state index is 9.49. The van der Waals surface area contributed by atoms with Gasteiger partial charge in [-0.1, -0.05) is 0 Å². The lowest BCUT2D eigenvalue weighted by molar-refractivity contribution is 0.0516. The van der Waals surface area contributed by atoms with Crippen LogP contribution in [-0.2, 0) is 0 Å². The molecule has 4 heteroatoms. The van der Waals surface area contributed by atoms with Crippen LogP contribution >= 0.6 is 12.6 Å². The lowest BCUT2D eigenvalue weighted by Gasteiger charge is -2.43. The van der Waals surface area contributed by atoms with Crippen LogP contribution in [0.1, 0.15) is 33.1 Å². The van der Waals surface area contributed by atoms with Gasteiger partial charge in [0.15, 0.2) is 0 Å². The Morgan fingerprint density at radius 1 is 1.40 bits per heavy atom. The van der Waals surface area contributed by atoms with Crippen LogP contribution < -0.4 is 5.73 Å². The number of rotatable bonds is 4. The fraction of sp³-hybridized carbons (Fsp3) is 1.00. The Morgan fingerprint density at radius 3 is 2.27 bits per heavy atom. The molecule has 1 fully saturated rings. The second kappa shape index (κ2) is 5.53. The Balaban J connectivity index is 2.50. The molecule has 0 aromatic rings. The highest BCUT2D eigenvalue weighted by Gasteiger charge is 2.34. The van der Waals surface area contributed by atoms with Gasteiger partial charge < -0.3 is 10.8 Å². The van der Waals surface area contributed by atoms with Crippen LogP contribution in [0.4, 0.5) is 0 Å². The van der Waals surface area contributed by atoms with Crippen molar-refractivity contribution in [2.45, 2.75) is 44.6 Å². The predicted molar refractivity (Wildman–Crippen MR) is 67.0 cm³/mol. The topological polar surface area (TPSA) is 49.5 Å². The number of nitrogens with zero attached hydrogens (tertiary/aromatic N) is 1. The number of thiol groups is 1. The summed E-state index contributed by atoms with van der Waals surface area (Å²) in [7, 11) is 0. The van der Waals surface area contributed by atoms with Gasteiger partial charge in [0.25, 0.3) is 0 Å². The first kappa shape index (κ1) is 13.3. The molecule has 90 valence electrons. The molecule has 15 heavy (non-hydrogen) atoms. The normalized spacial score (nSPS) is 26.2. The van der Waals surface area contributed by atoms with E-state index in [4.69, 9.17) is 5.73 Å². The summed E-state index contributed by atoms with van der Waals surface area (Å²) >= 11 is 4.44. The van der Waals surface area contributed by atoms with E-state index in [0.29, 0.717) is 11.9 Å². The van der Waals surface area contributed by atoms with Crippen LogP contribution in [0.15, 0.2) is 0 Å². The molecule has 3 N–H and O–H groups in total. The number of hydrogen-bond acceptors (Lipinski definition) is 4. The van der Waals surface area contributed by atoms with Crippen molar-refractivity contribution in [2.24, 2.45) is 11.1 Å². The molecule has 0 aromatic carbocycles. The molecule has 0 spiro atoms. The van der Waals surface area contributed by atoms with Crippen LogP contribution in [0.3, 0.4) is 0 Å². The van der Waals surface area contributed by atoms with Crippen molar-refractivity contribution >= 4 is 12.6 Å². The number of nitrogens with two attached hydrogens (primary N) is 1. The van der Waals surface area contributed by atoms with E-state index in [0.717, 1.165) is 32.4 Å². The fourth-order valence-corrected chi connectivity index (χ4v) is 2.72. The molecule has 0 aliphatic carbocycles. The van der Waals surface area contributed by atoms with Crippen LogP contribution in [0.2, 0.25) is 0 Å². The van der Waals surface area contributed by atoms with Crippen LogP contribution in [0, 0.1) is 5.41 Å². The van der Waals surface area contributed by atoms with E-state index in [1.807, 2.05) is 6.92 Å². The van der Waals surface area contributed by atoms with Gasteiger partial charge in [-0.25, -0.2) is 0 Å². The number of hydrogen-bond donors (Lipinski definition) is 3. The van der Waals surface area contributed by atoms with Gasteiger partial charge in [-0.15, -0.1) is 0 Å². The van der Waals surface area contributed by atoms with E-state index < -0.39 is 0 Å². The second-order valence-corrected chi connectivity index (χ2v) is 5.67. The number of likely N-dealkylation sites (tertiary alicyclic amines) is 1. The highest BCUT2D eigenvalue weighted by atomic mass is 32.1. The maximum absolute atomic E-state index is 9.49. The average molecular weight is 232 g/mol. The molecule has 0 amide bonds. The lowest BCUT2D eigenvalue weighted by atomic mass is 9.74. The van der Waals surface area contributed by atoms with E-state index in [9.17, 15) is 5.11 Å². The van der Waals surface area contributed by atoms with Gasteiger partial charge in [-0.3, -0.25) is 4.90 Å². The van der Waals surface area contributed by atoms with Crippen molar-refractivity contribution in [1.29, 1.82) is 0 Å². The highest BCUT2D eigenvalue weighted by Crippen LogP contribution is 2.35. The summed E-state index contributed by atoms with van der Waals surface area (Å²) in [6.45, 7) is 6.74. The zero-order valence-corrected chi connectivity index (χ0v) is 10.7. The lowest BCUT2D eigenvalue weighted by Crippen LogP contribution is -2.46. The molecule has 0 aromatic heterocycles. The van der Waals surface area contributed by atoms with E-state index >= 15 is 0 Å². The van der Waals surface area contributed by atoms with E-state index in [-0.39, 0.29) is 11.5 Å². The van der Waals surface area contributed by atoms with Crippen molar-refractivity contribution < 1.29 is 5.11 Å². The van der Waals surface area contributed by atoms with Crippen LogP contribution in [0.5, 0.6) is 0 Å². The molecule has 1 rings (SSSR count). The standard InChI is InChI=1S/C11H24N2OS/c1-9(14)7-11(8-12)3-5-13(6-4-11)10(2)15/h9-10,14-15H,3-8,12H2,1-2H3. The predicted octanol–water partition coefficient (Wildman–Crippen LogP) is 1.07. The van der Waals surface area contributed by atoms with E-state index in [2.05, 4.69) is 24.5 Å². The Bertz CT molecular complexity index is 189. The Labute approximate surface area is 98.4 Å². The minimum Gasteiger partial charge on any atom is -0.393 e. The minimum atomic E-state index is -0.242. The molecular formula is C11H24N2OS. The first-order valence-electron chi connectivity index (χ1n) is 5.79. The third-order valence-electron chi connectivity index (χ3n) is 3.55. The smallest absolute Gasteiger partial charge is 0.0517 e. The Morgan fingerprint density at radius 2 is 1.93 bits per heavy atom. The summed E-state index contributed by atoms with van der Waals surface area (Å²) in [4.78, 5) is 2.36. The summed E-state index contributed by atoms with van der Waals surface area (Å²) in [6.07, 6.45) is 2.75. The van der Waals surface area contributed by atoms with Crippen molar-refractivity contribution in [3.05, 3.63) is 0 Å². The largest absolute Gasteiger partial charge is 0.393 e. The van der Waals surface area contributed by atoms with E-state index in [1.54, 1.807) is 0 Å². The first-order chi connectivity index (χ1) is 6.99. The summed E-state index contributed by atoms with van der Waals surface area (Å²) in [5.74, 6) is 0. The molecular weight excluding hydrogens is 208 g/mol. The van der Waals surface area contributed by atoms with Gasteiger partial charge >= 0.3 is 0 Å². The molecule has 3 nitrogen and oxygen atoms in total. The van der Waals surface area contributed by atoms with Crippen molar-refractivity contribution in [1.82, 2.24) is 4.90 Å². The molecule has 1 aliphatic rings. The molecule has 2 atom stereocenters. The summed E-state index contributed by atoms with van der Waals surface area (Å²) < 4.78 is 0. The molecule has 2 unspecified atom stereocenters. The maximum Gasteiger partial charge on any atom is 0.0517 e. The third kappa shape index (κ3) is 3.63. The molecule has 1 saturated heterocycles. The average Bonchev–Trinajstić information content (AvgIpc) is 2.17. The van der Waals surface area contributed by atoms with Crippen LogP contribution in [-0.4, -0.2) is 41.1 Å². The van der Waals surface area contributed by atoms with Gasteiger partial charge in [0, 0.05) is 5.37 Å². The van der Waals surface area contributed by atoms with Crippen LogP contribution in [0.25, 0.3) is 0 Å². The summed E-state index contributed by atoms with van der Waals surface area (Å²) in [5.41, 5.74) is 6.02. The van der Waals surface area contributed by atoms with Gasteiger partial charge in [0.2, 0.25) is 0 Å². The molecule has 0 radical (unpaired) electrons. The number of aliphatic hydroxyl groups excluding tert-OH is 1. The number of aliphatic hydroxyl groups is 1. The first-order valence-corrected chi connectivity index (χ1v) is 6.31. The quantitative estimate of drug-likeness (QED) is 0.636. The van der Waals surface area contributed by atoms with Gasteiger partial charge in [-0.2, -0.15) is 12.6 Å². The Hall–Kier alpha value is 0.230. The molecule has 1 aliphatic heterocycles. The van der Waals surface area contributed by atoms with Gasteiger partial charge in [0.05, 0.1) is 6.10 Å². The second-order valence-electron chi connectivity index (χ2n) is 4.93. The van der Waals surface area contributed by atoms with Gasteiger partial charge in [0.1, 0.15) is 0 Å². The van der Waals surface area contributed by atoms with Gasteiger partial charge in [-0.05, 0) is 58.2 Å². The molecule has 0 bridgehead atoms. The molecule has 1 heterocycles. The highest BCUT2D eigenvalue weighted by molar-refractivity contribution is 7.80. The van der Waals surface area contributed by atoms with E-state index in [1.165, 1.54) is 0 Å². The number of piperidine rings is 1. The summed E-state index contributed by atoms with van der Waals surface area (Å²) in [5, 5.41) is 9.82. The monoisotopic (exact) mass is 232 g/mol. The minimum absolute atomic E-state index is 0.160. The van der Waals surface area contributed by atoms with Crippen molar-refractivity contribution in [3.63, 3.8) is 0 Å². The zero-order valence-electron chi connectivity index (χ0n) is 9.82. The van der Waals surface area contributed by atoms with Crippen molar-refractivity contribution in [3.8, 4) is 0 Å². The van der Waals surface area contributed by atoms with Crippen molar-refractivity contribution in [2.75, 3.05) is 19.6 Å². The summed E-state index contributed by atoms with van der Waals surface area (Å²) in [6, 6.07) is 0. The molecule has 0 saturated carbocycles. The SMILES string of the molecule is CC(O)CC1(CN)CCN(C(C)S)CC1.